The molecule has 0 aliphatic heterocycles. The second-order valence-corrected chi connectivity index (χ2v) is 6.48. The fourth-order valence-corrected chi connectivity index (χ4v) is 2.89. The van der Waals surface area contributed by atoms with Crippen LogP contribution in [0.25, 0.3) is 0 Å². The van der Waals surface area contributed by atoms with Crippen molar-refractivity contribution in [3.05, 3.63) is 53.1 Å². The van der Waals surface area contributed by atoms with Crippen LogP contribution in [0.1, 0.15) is 30.4 Å². The van der Waals surface area contributed by atoms with Crippen LogP contribution < -0.4 is 4.74 Å². The molecule has 0 N–H and O–H groups in total. The molecule has 0 amide bonds. The Morgan fingerprint density at radius 3 is 2.62 bits per heavy atom. The van der Waals surface area contributed by atoms with Crippen molar-refractivity contribution in [3.8, 4) is 17.6 Å². The van der Waals surface area contributed by atoms with Gasteiger partial charge in [0, 0.05) is 16.5 Å². The molecule has 136 valence electrons. The average Bonchev–Trinajstić information content (AvgIpc) is 2.62. The van der Waals surface area contributed by atoms with Crippen LogP contribution in [0.2, 0.25) is 0 Å². The van der Waals surface area contributed by atoms with Crippen LogP contribution >= 0.6 is 11.8 Å². The van der Waals surface area contributed by atoms with Crippen molar-refractivity contribution in [2.24, 2.45) is 0 Å². The van der Waals surface area contributed by atoms with Crippen molar-refractivity contribution in [3.63, 3.8) is 0 Å². The quantitative estimate of drug-likeness (QED) is 0.523. The second-order valence-electron chi connectivity index (χ2n) is 5.60. The first-order valence-electron chi connectivity index (χ1n) is 7.70. The number of nitriles is 1. The minimum atomic E-state index is -0.663. The van der Waals surface area contributed by atoms with Crippen LogP contribution in [0.5, 0.6) is 11.5 Å². The van der Waals surface area contributed by atoms with Crippen LogP contribution in [-0.4, -0.2) is 19.3 Å². The molecule has 0 radical (unpaired) electrons. The maximum absolute atomic E-state index is 14.6. The lowest BCUT2D eigenvalue weighted by Gasteiger charge is -2.18. The number of carbonyl (C=O) groups is 1. The molecule has 1 atom stereocenters. The minimum Gasteiger partial charge on any atom is -0.469 e. The SMILES string of the molecule is COC(=O)CC(C)c1cc(SC)cc(F)c1Oc1cc(F)cc(C#N)c1. The van der Waals surface area contributed by atoms with Crippen molar-refractivity contribution in [1.29, 1.82) is 5.26 Å². The number of benzene rings is 2. The Bertz CT molecular complexity index is 865. The first-order chi connectivity index (χ1) is 12.4. The third-order valence-corrected chi connectivity index (χ3v) is 4.44. The lowest BCUT2D eigenvalue weighted by molar-refractivity contribution is -0.140. The van der Waals surface area contributed by atoms with Crippen molar-refractivity contribution in [1.82, 2.24) is 0 Å². The van der Waals surface area contributed by atoms with E-state index in [0.717, 1.165) is 12.1 Å². The van der Waals surface area contributed by atoms with E-state index in [1.807, 2.05) is 6.07 Å². The Morgan fingerprint density at radius 2 is 2.00 bits per heavy atom. The monoisotopic (exact) mass is 377 g/mol. The molecule has 1 unspecified atom stereocenters. The number of hydrogen-bond acceptors (Lipinski definition) is 5. The Morgan fingerprint density at radius 1 is 1.27 bits per heavy atom. The van der Waals surface area contributed by atoms with E-state index in [-0.39, 0.29) is 29.4 Å². The molecule has 0 aliphatic rings. The number of halogens is 2. The van der Waals surface area contributed by atoms with Gasteiger partial charge >= 0.3 is 5.97 Å². The number of thioether (sulfide) groups is 1. The number of rotatable bonds is 6. The van der Waals surface area contributed by atoms with Gasteiger partial charge in [-0.3, -0.25) is 4.79 Å². The van der Waals surface area contributed by atoms with Crippen molar-refractivity contribution in [2.75, 3.05) is 13.4 Å². The number of nitrogens with zero attached hydrogens (tertiary/aromatic N) is 1. The third-order valence-electron chi connectivity index (χ3n) is 3.73. The largest absolute Gasteiger partial charge is 0.469 e. The average molecular weight is 377 g/mol. The number of carbonyl (C=O) groups excluding carboxylic acids is 1. The number of ether oxygens (including phenoxy) is 2. The molecule has 7 heteroatoms. The van der Waals surface area contributed by atoms with Gasteiger partial charge in [-0.15, -0.1) is 11.8 Å². The highest BCUT2D eigenvalue weighted by molar-refractivity contribution is 7.98. The lowest BCUT2D eigenvalue weighted by atomic mass is 9.96. The summed E-state index contributed by atoms with van der Waals surface area (Å²) in [6.45, 7) is 1.74. The van der Waals surface area contributed by atoms with Gasteiger partial charge in [0.1, 0.15) is 11.6 Å². The van der Waals surface area contributed by atoms with Gasteiger partial charge in [0.15, 0.2) is 11.6 Å². The first kappa shape index (κ1) is 19.7. The molecule has 0 aliphatic carbocycles. The molecule has 0 saturated carbocycles. The maximum Gasteiger partial charge on any atom is 0.306 e. The summed E-state index contributed by atoms with van der Waals surface area (Å²) < 4.78 is 38.5. The second kappa shape index (κ2) is 8.68. The number of methoxy groups -OCH3 is 1. The van der Waals surface area contributed by atoms with Gasteiger partial charge in [-0.1, -0.05) is 6.92 Å². The van der Waals surface area contributed by atoms with E-state index in [4.69, 9.17) is 10.00 Å². The van der Waals surface area contributed by atoms with Crippen LogP contribution in [-0.2, 0) is 9.53 Å². The summed E-state index contributed by atoms with van der Waals surface area (Å²) in [6, 6.07) is 8.29. The van der Waals surface area contributed by atoms with E-state index >= 15 is 0 Å². The van der Waals surface area contributed by atoms with Gasteiger partial charge in [0.25, 0.3) is 0 Å². The summed E-state index contributed by atoms with van der Waals surface area (Å²) >= 11 is 1.35. The molecule has 4 nitrogen and oxygen atoms in total. The first-order valence-corrected chi connectivity index (χ1v) is 8.93. The summed E-state index contributed by atoms with van der Waals surface area (Å²) in [5, 5.41) is 8.94. The smallest absolute Gasteiger partial charge is 0.306 e. The molecule has 0 bridgehead atoms. The molecule has 0 fully saturated rings. The van der Waals surface area contributed by atoms with Gasteiger partial charge in [-0.2, -0.15) is 5.26 Å². The Kier molecular flexibility index (Phi) is 6.58. The van der Waals surface area contributed by atoms with Gasteiger partial charge < -0.3 is 9.47 Å². The van der Waals surface area contributed by atoms with Gasteiger partial charge in [0.2, 0.25) is 0 Å². The summed E-state index contributed by atoms with van der Waals surface area (Å²) in [5.41, 5.74) is 0.521. The van der Waals surface area contributed by atoms with E-state index in [1.54, 1.807) is 19.2 Å². The molecule has 2 aromatic carbocycles. The van der Waals surface area contributed by atoms with Crippen molar-refractivity contribution < 1.29 is 23.0 Å². The molecule has 2 rings (SSSR count). The zero-order chi connectivity index (χ0) is 19.3. The molecule has 0 saturated heterocycles. The normalized spacial score (nSPS) is 11.5. The lowest BCUT2D eigenvalue weighted by Crippen LogP contribution is -2.08. The van der Waals surface area contributed by atoms with E-state index in [0.29, 0.717) is 10.5 Å². The molecule has 0 heterocycles. The van der Waals surface area contributed by atoms with Crippen LogP contribution in [0.4, 0.5) is 8.78 Å². The standard InChI is InChI=1S/C19H17F2NO3S/c1-11(4-18(23)24-2)16-8-15(26-3)9-17(21)19(16)25-14-6-12(10-22)5-13(20)7-14/h5-9,11H,4H2,1-3H3. The van der Waals surface area contributed by atoms with Crippen molar-refractivity contribution in [2.45, 2.75) is 24.2 Å². The Labute approximate surface area is 154 Å². The third kappa shape index (κ3) is 4.73. The summed E-state index contributed by atoms with van der Waals surface area (Å²) in [6.07, 6.45) is 1.84. The zero-order valence-electron chi connectivity index (χ0n) is 14.5. The topological polar surface area (TPSA) is 59.3 Å². The minimum absolute atomic E-state index is 0.00358. The molecular formula is C19H17F2NO3S. The van der Waals surface area contributed by atoms with Gasteiger partial charge in [-0.25, -0.2) is 8.78 Å². The Hall–Kier alpha value is -2.59. The van der Waals surface area contributed by atoms with Crippen LogP contribution in [0.3, 0.4) is 0 Å². The zero-order valence-corrected chi connectivity index (χ0v) is 15.3. The van der Waals surface area contributed by atoms with Gasteiger partial charge in [-0.05, 0) is 36.4 Å². The summed E-state index contributed by atoms with van der Waals surface area (Å²) in [5.74, 6) is -2.22. The molecule has 0 aromatic heterocycles. The number of hydrogen-bond donors (Lipinski definition) is 0. The fraction of sp³-hybridized carbons (Fsp3) is 0.263. The molecule has 2 aromatic rings. The summed E-state index contributed by atoms with van der Waals surface area (Å²) in [4.78, 5) is 12.3. The van der Waals surface area contributed by atoms with Crippen LogP contribution in [0, 0.1) is 23.0 Å². The van der Waals surface area contributed by atoms with E-state index in [9.17, 15) is 13.6 Å². The van der Waals surface area contributed by atoms with E-state index < -0.39 is 17.6 Å². The van der Waals surface area contributed by atoms with E-state index in [2.05, 4.69) is 4.74 Å². The highest BCUT2D eigenvalue weighted by Crippen LogP contribution is 2.38. The van der Waals surface area contributed by atoms with E-state index in [1.165, 1.54) is 31.0 Å². The highest BCUT2D eigenvalue weighted by Gasteiger charge is 2.21. The fourth-order valence-electron chi connectivity index (χ4n) is 2.43. The Balaban J connectivity index is 2.48. The predicted molar refractivity (Wildman–Crippen MR) is 94.4 cm³/mol. The molecule has 26 heavy (non-hydrogen) atoms. The van der Waals surface area contributed by atoms with Crippen LogP contribution in [0.15, 0.2) is 35.2 Å². The molecule has 0 spiro atoms. The highest BCUT2D eigenvalue weighted by atomic mass is 32.2. The number of esters is 1. The summed E-state index contributed by atoms with van der Waals surface area (Å²) in [7, 11) is 1.28. The predicted octanol–water partition coefficient (Wildman–Crippen LogP) is 5.02. The van der Waals surface area contributed by atoms with Gasteiger partial charge in [0.05, 0.1) is 25.2 Å². The molecular weight excluding hydrogens is 360 g/mol. The van der Waals surface area contributed by atoms with Crippen molar-refractivity contribution >= 4 is 17.7 Å². The maximum atomic E-state index is 14.6.